The van der Waals surface area contributed by atoms with Crippen LogP contribution in [0.25, 0.3) is 22.5 Å². The average Bonchev–Trinajstić information content (AvgIpc) is 3.83. The fourth-order valence-electron chi connectivity index (χ4n) is 8.09. The van der Waals surface area contributed by atoms with Gasteiger partial charge in [-0.1, -0.05) is 24.3 Å². The Hall–Kier alpha value is -2.67. The molecule has 4 heterocycles. The summed E-state index contributed by atoms with van der Waals surface area (Å²) in [5, 5.41) is 29.9. The minimum absolute atomic E-state index is 0. The Kier molecular flexibility index (Phi) is 11.8. The van der Waals surface area contributed by atoms with E-state index in [9.17, 15) is 28.9 Å². The molecule has 8 rings (SSSR count). The summed E-state index contributed by atoms with van der Waals surface area (Å²) in [7, 11) is 0. The third kappa shape index (κ3) is 7.00. The molecule has 247 valence electrons. The molecule has 3 unspecified atom stereocenters. The smallest absolute Gasteiger partial charge is 1.00 e. The molecule has 2 aromatic carbocycles. The maximum absolute atomic E-state index is 14.4. The van der Waals surface area contributed by atoms with Gasteiger partial charge in [0, 0.05) is 43.0 Å². The van der Waals surface area contributed by atoms with Crippen LogP contribution in [0.5, 0.6) is 0 Å². The van der Waals surface area contributed by atoms with E-state index < -0.39 is 6.10 Å². The molecule has 2 aromatic heterocycles. The van der Waals surface area contributed by atoms with Gasteiger partial charge in [-0.15, -0.1) is 0 Å². The molecule has 3 N–H and O–H groups in total. The quantitative estimate of drug-likeness (QED) is 0.273. The number of carbonyl (C=O) groups excluding carboxylic acids is 1. The number of fused-ring (bicyclic) bond motifs is 6. The van der Waals surface area contributed by atoms with Crippen molar-refractivity contribution < 1.29 is 59.9 Å². The number of benzene rings is 2. The molecule has 0 bridgehead atoms. The topological polar surface area (TPSA) is 113 Å². The minimum Gasteiger partial charge on any atom is -1.00 e. The molecule has 0 spiro atoms. The molecule has 2 fully saturated rings. The SMILES string of the molecule is O=C(CC1c2c(F)cccc2-c2cncn21)C1CCC(O)CC1.OC1CCC(C(O)CC2c3c(F)cccc3-c3cncn32)CC1.[B].[H-].[Na+]. The third-order valence-corrected chi connectivity index (χ3v) is 10.6. The molecule has 2 saturated carbocycles. The molecule has 4 aromatic rings. The van der Waals surface area contributed by atoms with Gasteiger partial charge in [0.1, 0.15) is 17.4 Å². The van der Waals surface area contributed by atoms with Gasteiger partial charge in [-0.3, -0.25) is 4.79 Å². The molecule has 3 radical (unpaired) electrons. The Morgan fingerprint density at radius 1 is 0.792 bits per heavy atom. The largest absolute Gasteiger partial charge is 1.00 e. The predicted molar refractivity (Wildman–Crippen MR) is 175 cm³/mol. The van der Waals surface area contributed by atoms with Crippen molar-refractivity contribution in [3.05, 3.63) is 84.2 Å². The molecule has 48 heavy (non-hydrogen) atoms. The van der Waals surface area contributed by atoms with Crippen LogP contribution in [0, 0.1) is 23.5 Å². The first kappa shape index (κ1) is 36.6. The molecule has 0 saturated heterocycles. The van der Waals surface area contributed by atoms with Crippen LogP contribution in [-0.4, -0.2) is 66.9 Å². The van der Waals surface area contributed by atoms with Crippen LogP contribution in [0.15, 0.2) is 61.4 Å². The van der Waals surface area contributed by atoms with Crippen LogP contribution in [0.3, 0.4) is 0 Å². The number of nitrogens with zero attached hydrogens (tertiary/aromatic N) is 4. The van der Waals surface area contributed by atoms with E-state index in [1.165, 1.54) is 12.1 Å². The van der Waals surface area contributed by atoms with E-state index in [4.69, 9.17) is 0 Å². The molecule has 2 aliphatic carbocycles. The fourth-order valence-corrected chi connectivity index (χ4v) is 8.09. The molecule has 8 nitrogen and oxygen atoms in total. The summed E-state index contributed by atoms with van der Waals surface area (Å²) in [6.07, 6.45) is 12.6. The Morgan fingerprint density at radius 2 is 1.27 bits per heavy atom. The normalized spacial score (nSPS) is 25.6. The van der Waals surface area contributed by atoms with E-state index in [0.29, 0.717) is 30.4 Å². The summed E-state index contributed by atoms with van der Waals surface area (Å²) in [4.78, 5) is 21.0. The minimum atomic E-state index is -0.492. The molecule has 12 heteroatoms. The van der Waals surface area contributed by atoms with Gasteiger partial charge >= 0.3 is 29.6 Å². The van der Waals surface area contributed by atoms with Gasteiger partial charge in [0.2, 0.25) is 0 Å². The molecule has 4 aliphatic rings. The first-order valence-corrected chi connectivity index (χ1v) is 16.5. The first-order chi connectivity index (χ1) is 22.3. The number of hydrogen-bond acceptors (Lipinski definition) is 6. The number of hydrogen-bond donors (Lipinski definition) is 3. The van der Waals surface area contributed by atoms with Gasteiger partial charge in [-0.25, -0.2) is 18.7 Å². The summed E-state index contributed by atoms with van der Waals surface area (Å²) in [6.45, 7) is 0. The second-order valence-electron chi connectivity index (χ2n) is 13.4. The van der Waals surface area contributed by atoms with Gasteiger partial charge < -0.3 is 25.9 Å². The van der Waals surface area contributed by atoms with E-state index in [2.05, 4.69) is 9.97 Å². The van der Waals surface area contributed by atoms with Gasteiger partial charge in [0.15, 0.2) is 0 Å². The number of aromatic nitrogens is 4. The average molecular weight is 666 g/mol. The van der Waals surface area contributed by atoms with Crippen LogP contribution in [0.4, 0.5) is 8.78 Å². The molecular formula is C36H41BF2N4NaO4. The monoisotopic (exact) mass is 665 g/mol. The third-order valence-electron chi connectivity index (χ3n) is 10.6. The van der Waals surface area contributed by atoms with Crippen LogP contribution < -0.4 is 29.6 Å². The number of aliphatic hydroxyl groups excluding tert-OH is 3. The first-order valence-electron chi connectivity index (χ1n) is 16.5. The number of halogens is 2. The van der Waals surface area contributed by atoms with Crippen molar-refractivity contribution in [1.29, 1.82) is 0 Å². The molecular weight excluding hydrogens is 624 g/mol. The Bertz CT molecular complexity index is 1720. The van der Waals surface area contributed by atoms with Crippen LogP contribution in [-0.2, 0) is 4.79 Å². The number of imidazole rings is 2. The standard InChI is InChI=1S/C18H21FN2O2.C18H19FN2O2.B.Na.H/c2*19-14-3-1-2-13-16-9-20-10-21(16)15(18(13)14)8-17(23)11-4-6-12(22)7-5-11;;;/h1-3,9-12,15,17,22-23H,4-8H2;1-3,9-12,15,22H,4-8H2;;;/q;;;+1;-1. The number of aliphatic hydroxyl groups is 3. The van der Waals surface area contributed by atoms with Crippen molar-refractivity contribution >= 4 is 14.2 Å². The maximum atomic E-state index is 14.4. The Labute approximate surface area is 305 Å². The van der Waals surface area contributed by atoms with Crippen molar-refractivity contribution in [2.45, 2.75) is 94.6 Å². The summed E-state index contributed by atoms with van der Waals surface area (Å²) < 4.78 is 32.6. The second-order valence-corrected chi connectivity index (χ2v) is 13.4. The Balaban J connectivity index is 0.000000208. The van der Waals surface area contributed by atoms with Crippen molar-refractivity contribution in [2.24, 2.45) is 11.8 Å². The predicted octanol–water partition coefficient (Wildman–Crippen LogP) is 2.73. The molecule has 2 aliphatic heterocycles. The maximum Gasteiger partial charge on any atom is 1.00 e. The van der Waals surface area contributed by atoms with E-state index in [0.717, 1.165) is 61.0 Å². The van der Waals surface area contributed by atoms with Crippen LogP contribution in [0.2, 0.25) is 0 Å². The number of carbonyl (C=O) groups is 1. The second kappa shape index (κ2) is 15.5. The molecule has 0 amide bonds. The van der Waals surface area contributed by atoms with E-state index in [1.54, 1.807) is 37.2 Å². The van der Waals surface area contributed by atoms with Gasteiger partial charge in [-0.05, 0) is 75.8 Å². The zero-order chi connectivity index (χ0) is 31.9. The van der Waals surface area contributed by atoms with Crippen molar-refractivity contribution in [3.8, 4) is 22.5 Å². The van der Waals surface area contributed by atoms with Gasteiger partial charge in [0.05, 0.1) is 66.8 Å². The van der Waals surface area contributed by atoms with Gasteiger partial charge in [-0.2, -0.15) is 0 Å². The number of ketones is 1. The van der Waals surface area contributed by atoms with E-state index in [1.807, 2.05) is 21.3 Å². The van der Waals surface area contributed by atoms with Crippen LogP contribution >= 0.6 is 0 Å². The summed E-state index contributed by atoms with van der Waals surface area (Å²) in [6, 6.07) is 9.63. The van der Waals surface area contributed by atoms with Crippen molar-refractivity contribution in [3.63, 3.8) is 0 Å². The fraction of sp³-hybridized carbons (Fsp3) is 0.472. The van der Waals surface area contributed by atoms with Crippen molar-refractivity contribution in [1.82, 2.24) is 19.1 Å². The van der Waals surface area contributed by atoms with E-state index in [-0.39, 0.29) is 99.4 Å². The molecule has 3 atom stereocenters. The van der Waals surface area contributed by atoms with E-state index >= 15 is 0 Å². The summed E-state index contributed by atoms with van der Waals surface area (Å²) in [5.41, 5.74) is 4.76. The zero-order valence-electron chi connectivity index (χ0n) is 28.3. The summed E-state index contributed by atoms with van der Waals surface area (Å²) in [5.74, 6) is -0.148. The summed E-state index contributed by atoms with van der Waals surface area (Å²) >= 11 is 0. The number of rotatable bonds is 6. The van der Waals surface area contributed by atoms with Crippen molar-refractivity contribution in [2.75, 3.05) is 0 Å². The zero-order valence-corrected chi connectivity index (χ0v) is 29.3. The number of Topliss-reactive ketones (excluding diaryl/α,β-unsaturated/α-hetero) is 1. The Morgan fingerprint density at radius 3 is 1.81 bits per heavy atom. The van der Waals surface area contributed by atoms with Gasteiger partial charge in [0.25, 0.3) is 0 Å². The van der Waals surface area contributed by atoms with Crippen LogP contribution in [0.1, 0.15) is 88.8 Å².